The van der Waals surface area contributed by atoms with Crippen molar-refractivity contribution < 1.29 is 0 Å². The standard InChI is InChI=1S/C6H7N.2BH3/c1-6-4-2-3-5-7-6;;/h2-5H,1H3;2*1H3. The fraction of sp³-hybridized carbons (Fsp3) is 0.167. The van der Waals surface area contributed by atoms with E-state index in [1.165, 1.54) is 0 Å². The normalized spacial score (nSPS) is 6.78. The highest BCUT2D eigenvalue weighted by molar-refractivity contribution is 5.76. The largest absolute Gasteiger partial charge is 0.262 e. The molecule has 0 spiro atoms. The van der Waals surface area contributed by atoms with Gasteiger partial charge in [0, 0.05) is 11.9 Å². The molecule has 0 bridgehead atoms. The maximum Gasteiger partial charge on any atom is 0.0814 e. The van der Waals surface area contributed by atoms with Crippen LogP contribution in [0, 0.1) is 6.92 Å². The molecule has 48 valence electrons. The van der Waals surface area contributed by atoms with Crippen LogP contribution in [-0.4, -0.2) is 21.8 Å². The summed E-state index contributed by atoms with van der Waals surface area (Å²) in [4.78, 5) is 3.98. The molecule has 1 nitrogen and oxygen atoms in total. The van der Waals surface area contributed by atoms with Crippen LogP contribution in [0.5, 0.6) is 0 Å². The second kappa shape index (κ2) is 5.42. The lowest BCUT2D eigenvalue weighted by atomic mass is 10.4. The summed E-state index contributed by atoms with van der Waals surface area (Å²) in [5.41, 5.74) is 1.07. The molecule has 0 aliphatic heterocycles. The van der Waals surface area contributed by atoms with Crippen molar-refractivity contribution in [1.82, 2.24) is 4.98 Å². The molecule has 0 radical (unpaired) electrons. The van der Waals surface area contributed by atoms with Crippen LogP contribution in [0.2, 0.25) is 0 Å². The highest BCUT2D eigenvalue weighted by atomic mass is 14.6. The maximum absolute atomic E-state index is 3.98. The van der Waals surface area contributed by atoms with Crippen LogP contribution < -0.4 is 0 Å². The van der Waals surface area contributed by atoms with Gasteiger partial charge in [-0.2, -0.15) is 0 Å². The van der Waals surface area contributed by atoms with Gasteiger partial charge in [-0.25, -0.2) is 0 Å². The van der Waals surface area contributed by atoms with E-state index in [4.69, 9.17) is 0 Å². The van der Waals surface area contributed by atoms with Gasteiger partial charge in [-0.05, 0) is 19.1 Å². The van der Waals surface area contributed by atoms with Gasteiger partial charge in [0.15, 0.2) is 0 Å². The molecule has 3 heteroatoms. The highest BCUT2D eigenvalue weighted by Crippen LogP contribution is 1.85. The first-order chi connectivity index (χ1) is 3.39. The first kappa shape index (κ1) is 11.1. The number of aromatic nitrogens is 1. The smallest absolute Gasteiger partial charge is 0.0814 e. The molecule has 0 amide bonds. The molecule has 0 unspecified atom stereocenters. The van der Waals surface area contributed by atoms with Crippen LogP contribution in [0.15, 0.2) is 24.4 Å². The van der Waals surface area contributed by atoms with Crippen molar-refractivity contribution in [2.45, 2.75) is 6.92 Å². The molecule has 0 saturated heterocycles. The molecular weight excluding hydrogens is 108 g/mol. The van der Waals surface area contributed by atoms with E-state index in [0.717, 1.165) is 5.69 Å². The minimum Gasteiger partial charge on any atom is -0.262 e. The Kier molecular flexibility index (Phi) is 6.70. The fourth-order valence-electron chi connectivity index (χ4n) is 0.448. The molecule has 1 heterocycles. The van der Waals surface area contributed by atoms with Crippen LogP contribution >= 0.6 is 0 Å². The molecule has 9 heavy (non-hydrogen) atoms. The van der Waals surface area contributed by atoms with Crippen molar-refractivity contribution in [2.75, 3.05) is 0 Å². The van der Waals surface area contributed by atoms with E-state index >= 15 is 0 Å². The summed E-state index contributed by atoms with van der Waals surface area (Å²) >= 11 is 0. The Morgan fingerprint density at radius 3 is 2.11 bits per heavy atom. The Hall–Kier alpha value is -0.720. The third kappa shape index (κ3) is 3.83. The van der Waals surface area contributed by atoms with Gasteiger partial charge in [0.2, 0.25) is 0 Å². The quantitative estimate of drug-likeness (QED) is 0.402. The Morgan fingerprint density at radius 1 is 1.22 bits per heavy atom. The predicted molar refractivity (Wildman–Crippen MR) is 48.9 cm³/mol. The summed E-state index contributed by atoms with van der Waals surface area (Å²) in [5.74, 6) is 0. The molecule has 1 rings (SSSR count). The van der Waals surface area contributed by atoms with Crippen LogP contribution in [0.25, 0.3) is 0 Å². The van der Waals surface area contributed by atoms with Crippen molar-refractivity contribution in [3.63, 3.8) is 0 Å². The summed E-state index contributed by atoms with van der Waals surface area (Å²) in [6, 6.07) is 5.86. The summed E-state index contributed by atoms with van der Waals surface area (Å²) in [7, 11) is 0. The van der Waals surface area contributed by atoms with Crippen LogP contribution in [0.1, 0.15) is 5.69 Å². The van der Waals surface area contributed by atoms with Gasteiger partial charge >= 0.3 is 0 Å². The highest BCUT2D eigenvalue weighted by Gasteiger charge is 1.73. The summed E-state index contributed by atoms with van der Waals surface area (Å²) < 4.78 is 0. The number of rotatable bonds is 0. The van der Waals surface area contributed by atoms with E-state index < -0.39 is 0 Å². The lowest BCUT2D eigenvalue weighted by Gasteiger charge is -1.82. The van der Waals surface area contributed by atoms with Crippen molar-refractivity contribution in [3.05, 3.63) is 30.1 Å². The summed E-state index contributed by atoms with van der Waals surface area (Å²) in [6.07, 6.45) is 1.79. The average molecular weight is 121 g/mol. The Labute approximate surface area is 59.7 Å². The zero-order valence-corrected chi connectivity index (χ0v) is 4.26. The van der Waals surface area contributed by atoms with E-state index in [0.29, 0.717) is 0 Å². The zero-order valence-electron chi connectivity index (χ0n) is 4.26. The molecule has 0 atom stereocenters. The van der Waals surface area contributed by atoms with Crippen LogP contribution in [0.4, 0.5) is 0 Å². The van der Waals surface area contributed by atoms with Gasteiger partial charge < -0.3 is 0 Å². The van der Waals surface area contributed by atoms with Crippen molar-refractivity contribution in [2.24, 2.45) is 0 Å². The monoisotopic (exact) mass is 121 g/mol. The topological polar surface area (TPSA) is 12.9 Å². The van der Waals surface area contributed by atoms with E-state index in [1.807, 2.05) is 25.1 Å². The van der Waals surface area contributed by atoms with Crippen molar-refractivity contribution >= 4 is 16.8 Å². The Morgan fingerprint density at radius 2 is 1.89 bits per heavy atom. The molecule has 0 saturated carbocycles. The zero-order chi connectivity index (χ0) is 5.11. The lowest BCUT2D eigenvalue weighted by molar-refractivity contribution is 1.20. The van der Waals surface area contributed by atoms with Crippen molar-refractivity contribution in [3.8, 4) is 0 Å². The number of hydrogen-bond acceptors (Lipinski definition) is 1. The molecule has 1 aromatic heterocycles. The third-order valence-electron chi connectivity index (χ3n) is 0.813. The fourth-order valence-corrected chi connectivity index (χ4v) is 0.448. The second-order valence-corrected chi connectivity index (χ2v) is 1.47. The SMILES string of the molecule is B.B.Cc1ccccn1. The molecule has 0 aliphatic rings. The van der Waals surface area contributed by atoms with Crippen LogP contribution in [0.3, 0.4) is 0 Å². The van der Waals surface area contributed by atoms with E-state index in [1.54, 1.807) is 6.20 Å². The molecular formula is C6H13B2N. The van der Waals surface area contributed by atoms with E-state index in [2.05, 4.69) is 4.98 Å². The Balaban J connectivity index is 0. The van der Waals surface area contributed by atoms with Gasteiger partial charge in [-0.3, -0.25) is 4.98 Å². The third-order valence-corrected chi connectivity index (χ3v) is 0.813. The van der Waals surface area contributed by atoms with E-state index in [9.17, 15) is 0 Å². The molecule has 0 aromatic carbocycles. The van der Waals surface area contributed by atoms with Gasteiger partial charge in [0.25, 0.3) is 0 Å². The number of nitrogens with zero attached hydrogens (tertiary/aromatic N) is 1. The van der Waals surface area contributed by atoms with E-state index in [-0.39, 0.29) is 16.8 Å². The first-order valence-corrected chi connectivity index (χ1v) is 2.27. The van der Waals surface area contributed by atoms with Crippen LogP contribution in [-0.2, 0) is 0 Å². The molecule has 1 aromatic rings. The van der Waals surface area contributed by atoms with Gasteiger partial charge in [-0.1, -0.05) is 6.07 Å². The van der Waals surface area contributed by atoms with Crippen molar-refractivity contribution in [1.29, 1.82) is 0 Å². The number of aryl methyl sites for hydroxylation is 1. The molecule has 0 N–H and O–H groups in total. The summed E-state index contributed by atoms with van der Waals surface area (Å²) in [6.45, 7) is 1.97. The molecule has 0 aliphatic carbocycles. The minimum absolute atomic E-state index is 0. The second-order valence-electron chi connectivity index (χ2n) is 1.47. The number of hydrogen-bond donors (Lipinski definition) is 0. The summed E-state index contributed by atoms with van der Waals surface area (Å²) in [5, 5.41) is 0. The predicted octanol–water partition coefficient (Wildman–Crippen LogP) is -0.978. The molecule has 0 fully saturated rings. The van der Waals surface area contributed by atoms with Gasteiger partial charge in [-0.15, -0.1) is 0 Å². The maximum atomic E-state index is 3.98. The first-order valence-electron chi connectivity index (χ1n) is 2.27. The average Bonchev–Trinajstić information content (AvgIpc) is 1.69. The number of pyridine rings is 1. The van der Waals surface area contributed by atoms with Gasteiger partial charge in [0.05, 0.1) is 16.8 Å². The Bertz CT molecular complexity index is 141. The lowest BCUT2D eigenvalue weighted by Crippen LogP contribution is -1.72. The van der Waals surface area contributed by atoms with Gasteiger partial charge in [0.1, 0.15) is 0 Å². The minimum atomic E-state index is 0.